The normalized spacial score (nSPS) is 14.2. The van der Waals surface area contributed by atoms with Gasteiger partial charge in [0.2, 0.25) is 5.91 Å². The molecule has 0 bridgehead atoms. The van der Waals surface area contributed by atoms with Gasteiger partial charge in [-0.1, -0.05) is 0 Å². The monoisotopic (exact) mass is 248 g/mol. The highest BCUT2D eigenvalue weighted by Crippen LogP contribution is 2.02. The van der Waals surface area contributed by atoms with Crippen molar-refractivity contribution in [3.8, 4) is 0 Å². The summed E-state index contributed by atoms with van der Waals surface area (Å²) in [5.74, 6) is -0.515. The van der Waals surface area contributed by atoms with Gasteiger partial charge < -0.3 is 16.2 Å². The summed E-state index contributed by atoms with van der Waals surface area (Å²) in [4.78, 5) is 22.2. The molecule has 0 fully saturated rings. The largest absolute Gasteiger partial charge is 0.480 e. The van der Waals surface area contributed by atoms with Gasteiger partial charge in [0.25, 0.3) is 0 Å². The van der Waals surface area contributed by atoms with Crippen LogP contribution in [-0.2, 0) is 9.59 Å². The second-order valence-corrected chi connectivity index (χ2v) is 4.74. The van der Waals surface area contributed by atoms with Crippen LogP contribution < -0.4 is 11.1 Å². The maximum Gasteiger partial charge on any atom is 0.326 e. The van der Waals surface area contributed by atoms with Crippen LogP contribution in [-0.4, -0.2) is 41.1 Å². The van der Waals surface area contributed by atoms with Crippen LogP contribution >= 0.6 is 11.8 Å². The van der Waals surface area contributed by atoms with Crippen LogP contribution in [0.2, 0.25) is 0 Å². The molecule has 2 atom stereocenters. The number of amides is 1. The second kappa shape index (κ2) is 8.41. The third kappa shape index (κ3) is 7.53. The molecule has 6 heteroatoms. The molecule has 5 nitrogen and oxygen atoms in total. The molecule has 2 unspecified atom stereocenters. The van der Waals surface area contributed by atoms with E-state index in [1.807, 2.05) is 13.2 Å². The summed E-state index contributed by atoms with van der Waals surface area (Å²) in [6.45, 7) is 1.82. The van der Waals surface area contributed by atoms with Gasteiger partial charge in [0, 0.05) is 12.5 Å². The van der Waals surface area contributed by atoms with Crippen molar-refractivity contribution >= 4 is 23.6 Å². The van der Waals surface area contributed by atoms with Gasteiger partial charge in [0.15, 0.2) is 0 Å². The van der Waals surface area contributed by atoms with Crippen molar-refractivity contribution in [2.24, 2.45) is 5.73 Å². The van der Waals surface area contributed by atoms with Gasteiger partial charge in [0.05, 0.1) is 0 Å². The van der Waals surface area contributed by atoms with Gasteiger partial charge in [0.1, 0.15) is 6.04 Å². The zero-order valence-electron chi connectivity index (χ0n) is 9.73. The van der Waals surface area contributed by atoms with Crippen molar-refractivity contribution in [2.45, 2.75) is 38.3 Å². The first kappa shape index (κ1) is 15.2. The number of rotatable bonds is 8. The lowest BCUT2D eigenvalue weighted by Crippen LogP contribution is -2.41. The van der Waals surface area contributed by atoms with Crippen LogP contribution in [0.5, 0.6) is 0 Å². The van der Waals surface area contributed by atoms with Crippen molar-refractivity contribution in [3.63, 3.8) is 0 Å². The van der Waals surface area contributed by atoms with E-state index < -0.39 is 12.0 Å². The Hall–Kier alpha value is -0.750. The number of hydrogen-bond donors (Lipinski definition) is 3. The fourth-order valence-corrected chi connectivity index (χ4v) is 1.59. The fourth-order valence-electron chi connectivity index (χ4n) is 1.12. The molecule has 0 rings (SSSR count). The molecular formula is C10H20N2O3S. The van der Waals surface area contributed by atoms with Crippen LogP contribution in [0.4, 0.5) is 0 Å². The van der Waals surface area contributed by atoms with Crippen LogP contribution in [0.3, 0.4) is 0 Å². The highest BCUT2D eigenvalue weighted by molar-refractivity contribution is 7.98. The summed E-state index contributed by atoms with van der Waals surface area (Å²) in [6.07, 6.45) is 3.19. The molecule has 0 saturated heterocycles. The van der Waals surface area contributed by atoms with Gasteiger partial charge in [-0.05, 0) is 31.8 Å². The van der Waals surface area contributed by atoms with E-state index in [0.717, 1.165) is 0 Å². The van der Waals surface area contributed by atoms with Crippen LogP contribution in [0.1, 0.15) is 26.2 Å². The number of aliphatic carboxylic acids is 1. The van der Waals surface area contributed by atoms with Crippen molar-refractivity contribution in [1.82, 2.24) is 5.32 Å². The quantitative estimate of drug-likeness (QED) is 0.579. The number of hydrogen-bond acceptors (Lipinski definition) is 4. The highest BCUT2D eigenvalue weighted by atomic mass is 32.2. The Bertz CT molecular complexity index is 234. The van der Waals surface area contributed by atoms with Crippen molar-refractivity contribution in [3.05, 3.63) is 0 Å². The molecule has 0 spiro atoms. The third-order valence-corrected chi connectivity index (χ3v) is 2.71. The summed E-state index contributed by atoms with van der Waals surface area (Å²) >= 11 is 1.56. The number of thioether (sulfide) groups is 1. The lowest BCUT2D eigenvalue weighted by Gasteiger charge is -2.14. The van der Waals surface area contributed by atoms with Gasteiger partial charge in [-0.25, -0.2) is 4.79 Å². The van der Waals surface area contributed by atoms with Gasteiger partial charge in [-0.3, -0.25) is 4.79 Å². The maximum absolute atomic E-state index is 11.4. The minimum absolute atomic E-state index is 0.0415. The molecule has 0 aliphatic rings. The number of carboxylic acid groups (broad SMARTS) is 1. The van der Waals surface area contributed by atoms with Crippen LogP contribution in [0.25, 0.3) is 0 Å². The second-order valence-electron chi connectivity index (χ2n) is 3.76. The molecular weight excluding hydrogens is 228 g/mol. The molecule has 1 amide bonds. The Balaban J connectivity index is 3.98. The minimum Gasteiger partial charge on any atom is -0.480 e. The smallest absolute Gasteiger partial charge is 0.326 e. The molecule has 4 N–H and O–H groups in total. The van der Waals surface area contributed by atoms with Gasteiger partial charge in [-0.2, -0.15) is 11.8 Å². The molecule has 0 aromatic rings. The Kier molecular flexibility index (Phi) is 8.01. The van der Waals surface area contributed by atoms with Crippen molar-refractivity contribution in [1.29, 1.82) is 0 Å². The van der Waals surface area contributed by atoms with Gasteiger partial charge in [-0.15, -0.1) is 0 Å². The van der Waals surface area contributed by atoms with E-state index in [9.17, 15) is 9.59 Å². The molecule has 16 heavy (non-hydrogen) atoms. The molecule has 0 aliphatic carbocycles. The summed E-state index contributed by atoms with van der Waals surface area (Å²) in [7, 11) is 0. The molecule has 94 valence electrons. The van der Waals surface area contributed by atoms with Crippen molar-refractivity contribution < 1.29 is 14.7 Å². The standard InChI is InChI=1S/C10H20N2O3S/c1-7(11)3-4-9(13)12-8(10(14)15)5-6-16-2/h7-8H,3-6,11H2,1-2H3,(H,12,13)(H,14,15). The predicted molar refractivity (Wildman–Crippen MR) is 65.4 cm³/mol. The zero-order valence-corrected chi connectivity index (χ0v) is 10.5. The summed E-state index contributed by atoms with van der Waals surface area (Å²) in [6, 6.07) is -0.826. The maximum atomic E-state index is 11.4. The lowest BCUT2D eigenvalue weighted by molar-refractivity contribution is -0.141. The summed E-state index contributed by atoms with van der Waals surface area (Å²) < 4.78 is 0. The van der Waals surface area contributed by atoms with Gasteiger partial charge >= 0.3 is 5.97 Å². The Morgan fingerprint density at radius 1 is 1.44 bits per heavy atom. The number of nitrogens with one attached hydrogen (secondary N) is 1. The third-order valence-electron chi connectivity index (χ3n) is 2.07. The van der Waals surface area contributed by atoms with E-state index >= 15 is 0 Å². The average molecular weight is 248 g/mol. The summed E-state index contributed by atoms with van der Waals surface area (Å²) in [5, 5.41) is 11.4. The summed E-state index contributed by atoms with van der Waals surface area (Å²) in [5.41, 5.74) is 5.51. The molecule has 0 heterocycles. The Morgan fingerprint density at radius 3 is 2.50 bits per heavy atom. The topological polar surface area (TPSA) is 92.4 Å². The SMILES string of the molecule is CSCCC(NC(=O)CCC(C)N)C(=O)O. The number of carboxylic acids is 1. The molecule has 0 aromatic carbocycles. The van der Waals surface area contributed by atoms with E-state index in [-0.39, 0.29) is 18.4 Å². The first-order valence-electron chi connectivity index (χ1n) is 5.24. The molecule has 0 saturated carbocycles. The van der Waals surface area contributed by atoms with Crippen LogP contribution in [0, 0.1) is 0 Å². The average Bonchev–Trinajstić information content (AvgIpc) is 2.20. The van der Waals surface area contributed by atoms with E-state index in [0.29, 0.717) is 18.6 Å². The van der Waals surface area contributed by atoms with E-state index in [1.165, 1.54) is 0 Å². The predicted octanol–water partition coefficient (Wildman–Crippen LogP) is 0.436. The van der Waals surface area contributed by atoms with E-state index in [2.05, 4.69) is 5.32 Å². The number of nitrogens with two attached hydrogens (primary N) is 1. The van der Waals surface area contributed by atoms with E-state index in [4.69, 9.17) is 10.8 Å². The Morgan fingerprint density at radius 2 is 2.06 bits per heavy atom. The van der Waals surface area contributed by atoms with E-state index in [1.54, 1.807) is 11.8 Å². The van der Waals surface area contributed by atoms with Crippen molar-refractivity contribution in [2.75, 3.05) is 12.0 Å². The fraction of sp³-hybridized carbons (Fsp3) is 0.800. The first-order valence-corrected chi connectivity index (χ1v) is 6.63. The Labute approximate surface area is 100 Å². The number of carbonyl (C=O) groups excluding carboxylic acids is 1. The zero-order chi connectivity index (χ0) is 12.6. The van der Waals surface area contributed by atoms with Crippen LogP contribution in [0.15, 0.2) is 0 Å². The molecule has 0 aliphatic heterocycles. The first-order chi connectivity index (χ1) is 7.47. The molecule has 0 aromatic heterocycles. The molecule has 0 radical (unpaired) electrons. The minimum atomic E-state index is -0.983. The number of carbonyl (C=O) groups is 2. The lowest BCUT2D eigenvalue weighted by atomic mass is 10.1. The highest BCUT2D eigenvalue weighted by Gasteiger charge is 2.19.